The van der Waals surface area contributed by atoms with E-state index in [1.54, 1.807) is 6.08 Å². The maximum Gasteiger partial charge on any atom is 0.246 e. The van der Waals surface area contributed by atoms with Crippen molar-refractivity contribution in [3.8, 4) is 0 Å². The minimum Gasteiger partial charge on any atom is -0.338 e. The topological polar surface area (TPSA) is 46.3 Å². The van der Waals surface area contributed by atoms with Gasteiger partial charge in [-0.1, -0.05) is 6.08 Å². The summed E-state index contributed by atoms with van der Waals surface area (Å²) < 4.78 is 0. The molecule has 0 aromatic heterocycles. The zero-order chi connectivity index (χ0) is 9.26. The first kappa shape index (κ1) is 8.75. The molecule has 1 heterocycles. The summed E-state index contributed by atoms with van der Waals surface area (Å²) in [6, 6.07) is 0.193. The number of hydrogen-bond donors (Lipinski definition) is 1. The molecule has 2 aliphatic rings. The number of carbonyl (C=O) groups excluding carboxylic acids is 1. The second kappa shape index (κ2) is 3.50. The molecule has 0 bridgehead atoms. The number of allylic oxidation sites excluding steroid dienone is 1. The highest BCUT2D eigenvalue weighted by molar-refractivity contribution is 5.87. The van der Waals surface area contributed by atoms with E-state index in [0.29, 0.717) is 5.92 Å². The van der Waals surface area contributed by atoms with Crippen molar-refractivity contribution in [1.82, 2.24) is 4.90 Å². The Hall–Kier alpha value is -0.830. The summed E-state index contributed by atoms with van der Waals surface area (Å²) in [4.78, 5) is 13.3. The van der Waals surface area contributed by atoms with Crippen LogP contribution in [0.25, 0.3) is 0 Å². The predicted molar refractivity (Wildman–Crippen MR) is 51.0 cm³/mol. The minimum absolute atomic E-state index is 0.139. The van der Waals surface area contributed by atoms with Crippen molar-refractivity contribution in [1.29, 1.82) is 0 Å². The van der Waals surface area contributed by atoms with Crippen molar-refractivity contribution < 1.29 is 4.79 Å². The van der Waals surface area contributed by atoms with E-state index in [-0.39, 0.29) is 11.9 Å². The first-order chi connectivity index (χ1) is 6.25. The molecule has 0 aromatic rings. The van der Waals surface area contributed by atoms with Gasteiger partial charge in [0.1, 0.15) is 0 Å². The summed E-state index contributed by atoms with van der Waals surface area (Å²) in [5.41, 5.74) is 5.71. The van der Waals surface area contributed by atoms with E-state index in [4.69, 9.17) is 5.73 Å². The lowest BCUT2D eigenvalue weighted by Gasteiger charge is -2.12. The van der Waals surface area contributed by atoms with Crippen molar-refractivity contribution in [2.24, 2.45) is 11.7 Å². The average molecular weight is 180 g/mol. The molecule has 1 aliphatic carbocycles. The molecule has 2 rings (SSSR count). The van der Waals surface area contributed by atoms with Gasteiger partial charge in [0.25, 0.3) is 0 Å². The van der Waals surface area contributed by atoms with E-state index < -0.39 is 0 Å². The van der Waals surface area contributed by atoms with Gasteiger partial charge in [-0.3, -0.25) is 4.79 Å². The van der Waals surface area contributed by atoms with Crippen molar-refractivity contribution in [2.45, 2.75) is 25.3 Å². The number of rotatable bonds is 2. The van der Waals surface area contributed by atoms with Gasteiger partial charge in [0, 0.05) is 19.1 Å². The van der Waals surface area contributed by atoms with Crippen LogP contribution in [-0.2, 0) is 4.79 Å². The molecule has 0 spiro atoms. The van der Waals surface area contributed by atoms with Crippen LogP contribution in [0.4, 0.5) is 0 Å². The Morgan fingerprint density at radius 1 is 1.38 bits per heavy atom. The second-order valence-electron chi connectivity index (χ2n) is 4.03. The fourth-order valence-electron chi connectivity index (χ4n) is 1.60. The largest absolute Gasteiger partial charge is 0.338 e. The number of hydrogen-bond acceptors (Lipinski definition) is 2. The second-order valence-corrected chi connectivity index (χ2v) is 4.03. The molecule has 0 unspecified atom stereocenters. The van der Waals surface area contributed by atoms with E-state index in [9.17, 15) is 4.79 Å². The van der Waals surface area contributed by atoms with Crippen LogP contribution < -0.4 is 5.73 Å². The van der Waals surface area contributed by atoms with Crippen molar-refractivity contribution in [3.63, 3.8) is 0 Å². The Kier molecular flexibility index (Phi) is 2.36. The standard InChI is InChI=1S/C10H16N2O/c11-9-5-6-12(7-9)10(13)4-3-8-1-2-8/h3-4,8-9H,1-2,5-7,11H2/b4-3+/t9-/m1/s1. The molecular formula is C10H16N2O. The zero-order valence-electron chi connectivity index (χ0n) is 7.78. The number of likely N-dealkylation sites (tertiary alicyclic amines) is 1. The SMILES string of the molecule is N[C@@H]1CCN(C(=O)/C=C/C2CC2)C1. The molecule has 1 saturated heterocycles. The van der Waals surface area contributed by atoms with Gasteiger partial charge in [0.05, 0.1) is 0 Å². The molecule has 2 fully saturated rings. The normalized spacial score (nSPS) is 28.7. The van der Waals surface area contributed by atoms with E-state index in [1.165, 1.54) is 12.8 Å². The molecule has 0 aromatic carbocycles. The molecule has 13 heavy (non-hydrogen) atoms. The summed E-state index contributed by atoms with van der Waals surface area (Å²) in [6.07, 6.45) is 7.21. The van der Waals surface area contributed by atoms with Crippen molar-refractivity contribution >= 4 is 5.91 Å². The third kappa shape index (κ3) is 2.31. The van der Waals surface area contributed by atoms with E-state index >= 15 is 0 Å². The summed E-state index contributed by atoms with van der Waals surface area (Å²) in [6.45, 7) is 1.56. The summed E-state index contributed by atoms with van der Waals surface area (Å²) in [5.74, 6) is 0.820. The molecule has 1 aliphatic heterocycles. The lowest BCUT2D eigenvalue weighted by Crippen LogP contribution is -2.30. The van der Waals surface area contributed by atoms with Crippen LogP contribution in [0.5, 0.6) is 0 Å². The lowest BCUT2D eigenvalue weighted by molar-refractivity contribution is -0.125. The maximum absolute atomic E-state index is 11.5. The Morgan fingerprint density at radius 3 is 2.69 bits per heavy atom. The summed E-state index contributed by atoms with van der Waals surface area (Å²) in [7, 11) is 0. The van der Waals surface area contributed by atoms with Gasteiger partial charge in [-0.15, -0.1) is 0 Å². The monoisotopic (exact) mass is 180 g/mol. The fourth-order valence-corrected chi connectivity index (χ4v) is 1.60. The van der Waals surface area contributed by atoms with Gasteiger partial charge in [0.2, 0.25) is 5.91 Å². The molecule has 3 nitrogen and oxygen atoms in total. The van der Waals surface area contributed by atoms with E-state index in [0.717, 1.165) is 19.5 Å². The van der Waals surface area contributed by atoms with Crippen LogP contribution in [0.15, 0.2) is 12.2 Å². The molecule has 0 radical (unpaired) electrons. The van der Waals surface area contributed by atoms with Crippen LogP contribution in [0.1, 0.15) is 19.3 Å². The molecule has 1 saturated carbocycles. The average Bonchev–Trinajstić information content (AvgIpc) is 2.84. The molecule has 3 heteroatoms. The molecule has 72 valence electrons. The minimum atomic E-state index is 0.139. The van der Waals surface area contributed by atoms with Crippen molar-refractivity contribution in [3.05, 3.63) is 12.2 Å². The van der Waals surface area contributed by atoms with Crippen LogP contribution >= 0.6 is 0 Å². The van der Waals surface area contributed by atoms with Gasteiger partial charge in [-0.05, 0) is 31.3 Å². The Bertz CT molecular complexity index is 233. The first-order valence-corrected chi connectivity index (χ1v) is 4.98. The Morgan fingerprint density at radius 2 is 2.15 bits per heavy atom. The Labute approximate surface area is 78.6 Å². The third-order valence-corrected chi connectivity index (χ3v) is 2.67. The molecule has 1 atom stereocenters. The Balaban J connectivity index is 1.82. The van der Waals surface area contributed by atoms with Gasteiger partial charge >= 0.3 is 0 Å². The molecule has 1 amide bonds. The van der Waals surface area contributed by atoms with Crippen LogP contribution in [-0.4, -0.2) is 29.9 Å². The fraction of sp³-hybridized carbons (Fsp3) is 0.700. The highest BCUT2D eigenvalue weighted by Crippen LogP contribution is 2.30. The molecule has 2 N–H and O–H groups in total. The highest BCUT2D eigenvalue weighted by atomic mass is 16.2. The van der Waals surface area contributed by atoms with Crippen molar-refractivity contribution in [2.75, 3.05) is 13.1 Å². The van der Waals surface area contributed by atoms with Gasteiger partial charge in [-0.2, -0.15) is 0 Å². The number of carbonyl (C=O) groups is 1. The summed E-state index contributed by atoms with van der Waals surface area (Å²) in [5, 5.41) is 0. The highest BCUT2D eigenvalue weighted by Gasteiger charge is 2.23. The number of nitrogens with two attached hydrogens (primary N) is 1. The van der Waals surface area contributed by atoms with Crippen LogP contribution in [0.2, 0.25) is 0 Å². The van der Waals surface area contributed by atoms with Crippen LogP contribution in [0.3, 0.4) is 0 Å². The van der Waals surface area contributed by atoms with E-state index in [2.05, 4.69) is 0 Å². The van der Waals surface area contributed by atoms with Crippen LogP contribution in [0, 0.1) is 5.92 Å². The summed E-state index contributed by atoms with van der Waals surface area (Å²) >= 11 is 0. The lowest BCUT2D eigenvalue weighted by atomic mass is 10.3. The number of nitrogens with zero attached hydrogens (tertiary/aromatic N) is 1. The smallest absolute Gasteiger partial charge is 0.246 e. The maximum atomic E-state index is 11.5. The van der Waals surface area contributed by atoms with Gasteiger partial charge in [-0.25, -0.2) is 0 Å². The predicted octanol–water partition coefficient (Wildman–Crippen LogP) is 0.512. The zero-order valence-corrected chi connectivity index (χ0v) is 7.78. The third-order valence-electron chi connectivity index (χ3n) is 2.67. The van der Waals surface area contributed by atoms with E-state index in [1.807, 2.05) is 11.0 Å². The number of amides is 1. The quantitative estimate of drug-likeness (QED) is 0.629. The van der Waals surface area contributed by atoms with Gasteiger partial charge < -0.3 is 10.6 Å². The molecular weight excluding hydrogens is 164 g/mol. The first-order valence-electron chi connectivity index (χ1n) is 4.98. The van der Waals surface area contributed by atoms with Gasteiger partial charge in [0.15, 0.2) is 0 Å².